The van der Waals surface area contributed by atoms with E-state index in [9.17, 15) is 14.7 Å². The maximum atomic E-state index is 13.0. The van der Waals surface area contributed by atoms with E-state index in [0.717, 1.165) is 6.42 Å². The van der Waals surface area contributed by atoms with E-state index in [1.54, 1.807) is 30.3 Å². The van der Waals surface area contributed by atoms with Crippen molar-refractivity contribution in [1.82, 2.24) is 9.88 Å². The monoisotopic (exact) mass is 454 g/mol. The maximum Gasteiger partial charge on any atom is 0.295 e. The highest BCUT2D eigenvalue weighted by Gasteiger charge is 2.46. The highest BCUT2D eigenvalue weighted by Crippen LogP contribution is 2.41. The molecule has 33 heavy (non-hydrogen) atoms. The summed E-state index contributed by atoms with van der Waals surface area (Å²) in [6, 6.07) is 7.65. The van der Waals surface area contributed by atoms with Crippen LogP contribution < -0.4 is 9.47 Å². The predicted octanol–water partition coefficient (Wildman–Crippen LogP) is 3.58. The highest BCUT2D eigenvalue weighted by molar-refractivity contribution is 6.46. The van der Waals surface area contributed by atoms with Crippen molar-refractivity contribution in [3.05, 3.63) is 59.4 Å². The number of likely N-dealkylation sites (tertiary alicyclic amines) is 1. The van der Waals surface area contributed by atoms with Crippen LogP contribution in [-0.4, -0.2) is 60.7 Å². The molecule has 1 atom stereocenters. The molecule has 1 aromatic heterocycles. The summed E-state index contributed by atoms with van der Waals surface area (Å²) in [4.78, 5) is 31.2. The smallest absolute Gasteiger partial charge is 0.295 e. The zero-order valence-electron chi connectivity index (χ0n) is 19.4. The topological polar surface area (TPSA) is 98.2 Å². The van der Waals surface area contributed by atoms with E-state index in [1.807, 2.05) is 0 Å². The Hall–Kier alpha value is -3.39. The van der Waals surface area contributed by atoms with Gasteiger partial charge in [0.05, 0.1) is 31.9 Å². The van der Waals surface area contributed by atoms with Crippen LogP contribution in [0.25, 0.3) is 5.76 Å². The number of carbonyl (C=O) groups is 2. The molecule has 1 unspecified atom stereocenters. The van der Waals surface area contributed by atoms with Crippen LogP contribution in [-0.2, 0) is 14.3 Å². The lowest BCUT2D eigenvalue weighted by Gasteiger charge is -2.25. The summed E-state index contributed by atoms with van der Waals surface area (Å²) in [6.07, 6.45) is 3.92. The molecular formula is C25H30N2O6. The predicted molar refractivity (Wildman–Crippen MR) is 123 cm³/mol. The summed E-state index contributed by atoms with van der Waals surface area (Å²) in [6.45, 7) is 5.22. The largest absolute Gasteiger partial charge is 0.507 e. The number of carbonyl (C=O) groups excluding carboxylic acids is 2. The van der Waals surface area contributed by atoms with Crippen molar-refractivity contribution >= 4 is 17.4 Å². The standard InChI is InChI=1S/C25H30N2O6/c1-16(2)9-13-33-19-6-5-18(15-20(19)32-4)22-21(23(28)17-7-10-26-11-8-17)24(29)25(30)27(22)12-14-31-3/h5-8,10-11,15-16,22,28H,9,12-14H2,1-4H3/b23-21+. The number of pyridine rings is 1. The Morgan fingerprint density at radius 1 is 1.09 bits per heavy atom. The number of ether oxygens (including phenoxy) is 3. The van der Waals surface area contributed by atoms with E-state index in [4.69, 9.17) is 14.2 Å². The summed E-state index contributed by atoms with van der Waals surface area (Å²) >= 11 is 0. The number of hydrogen-bond donors (Lipinski definition) is 1. The van der Waals surface area contributed by atoms with Gasteiger partial charge in [0.15, 0.2) is 11.5 Å². The first kappa shape index (κ1) is 24.3. The minimum absolute atomic E-state index is 0.0119. The SMILES string of the molecule is COCCN1C(=O)C(=O)/C(=C(/O)c2ccncc2)C1c1ccc(OCCC(C)C)c(OC)c1. The van der Waals surface area contributed by atoms with E-state index in [-0.39, 0.29) is 24.5 Å². The molecule has 176 valence electrons. The molecule has 1 amide bonds. The van der Waals surface area contributed by atoms with Crippen molar-refractivity contribution in [3.8, 4) is 11.5 Å². The fourth-order valence-electron chi connectivity index (χ4n) is 3.69. The van der Waals surface area contributed by atoms with Crippen molar-refractivity contribution in [3.63, 3.8) is 0 Å². The molecule has 0 aliphatic carbocycles. The summed E-state index contributed by atoms with van der Waals surface area (Å²) in [5, 5.41) is 11.0. The molecule has 2 aromatic rings. The van der Waals surface area contributed by atoms with Gasteiger partial charge in [-0.25, -0.2) is 0 Å². The Kier molecular flexibility index (Phi) is 8.06. The maximum absolute atomic E-state index is 13.0. The normalized spacial score (nSPS) is 17.6. The van der Waals surface area contributed by atoms with Gasteiger partial charge in [0.1, 0.15) is 5.76 Å². The van der Waals surface area contributed by atoms with Crippen molar-refractivity contribution in [2.24, 2.45) is 5.92 Å². The Balaban J connectivity index is 2.06. The van der Waals surface area contributed by atoms with Gasteiger partial charge < -0.3 is 24.2 Å². The van der Waals surface area contributed by atoms with Crippen molar-refractivity contribution in [2.75, 3.05) is 34.0 Å². The van der Waals surface area contributed by atoms with E-state index >= 15 is 0 Å². The molecule has 8 nitrogen and oxygen atoms in total. The van der Waals surface area contributed by atoms with E-state index in [1.165, 1.54) is 31.5 Å². The summed E-state index contributed by atoms with van der Waals surface area (Å²) in [5.41, 5.74) is 1.03. The minimum atomic E-state index is -0.799. The second kappa shape index (κ2) is 11.0. The van der Waals surface area contributed by atoms with Crippen LogP contribution in [0.5, 0.6) is 11.5 Å². The van der Waals surface area contributed by atoms with E-state index in [2.05, 4.69) is 18.8 Å². The van der Waals surface area contributed by atoms with Gasteiger partial charge in [-0.2, -0.15) is 0 Å². The third-order valence-corrected chi connectivity index (χ3v) is 5.49. The second-order valence-corrected chi connectivity index (χ2v) is 8.16. The number of aliphatic hydroxyl groups excluding tert-OH is 1. The van der Waals surface area contributed by atoms with Crippen LogP contribution in [0.1, 0.15) is 37.4 Å². The molecular weight excluding hydrogens is 424 g/mol. The number of nitrogens with zero attached hydrogens (tertiary/aromatic N) is 2. The van der Waals surface area contributed by atoms with Gasteiger partial charge >= 0.3 is 0 Å². The number of ketones is 1. The molecule has 1 N–H and O–H groups in total. The van der Waals surface area contributed by atoms with E-state index in [0.29, 0.717) is 35.2 Å². The average Bonchev–Trinajstić information content (AvgIpc) is 3.07. The number of aliphatic hydroxyl groups is 1. The Labute approximate surface area is 193 Å². The van der Waals surface area contributed by atoms with Crippen LogP contribution in [0.2, 0.25) is 0 Å². The lowest BCUT2D eigenvalue weighted by molar-refractivity contribution is -0.140. The fraction of sp³-hybridized carbons (Fsp3) is 0.400. The Morgan fingerprint density at radius 2 is 1.82 bits per heavy atom. The zero-order valence-corrected chi connectivity index (χ0v) is 19.4. The van der Waals surface area contributed by atoms with Crippen LogP contribution >= 0.6 is 0 Å². The van der Waals surface area contributed by atoms with Gasteiger partial charge in [0.25, 0.3) is 11.7 Å². The van der Waals surface area contributed by atoms with Crippen LogP contribution in [0.4, 0.5) is 0 Å². The number of rotatable bonds is 10. The lowest BCUT2D eigenvalue weighted by Crippen LogP contribution is -2.32. The molecule has 1 fully saturated rings. The van der Waals surface area contributed by atoms with Crippen molar-refractivity contribution in [2.45, 2.75) is 26.3 Å². The molecule has 0 radical (unpaired) electrons. The molecule has 8 heteroatoms. The van der Waals surface area contributed by atoms with Crippen molar-refractivity contribution in [1.29, 1.82) is 0 Å². The first-order chi connectivity index (χ1) is 15.9. The molecule has 1 aliphatic rings. The molecule has 0 bridgehead atoms. The van der Waals surface area contributed by atoms with Crippen LogP contribution in [0, 0.1) is 5.92 Å². The highest BCUT2D eigenvalue weighted by atomic mass is 16.5. The molecule has 3 rings (SSSR count). The van der Waals surface area contributed by atoms with Gasteiger partial charge in [0.2, 0.25) is 0 Å². The molecule has 0 spiro atoms. The molecule has 1 aromatic carbocycles. The fourth-order valence-corrected chi connectivity index (χ4v) is 3.69. The van der Waals surface area contributed by atoms with Gasteiger partial charge in [-0.3, -0.25) is 14.6 Å². The summed E-state index contributed by atoms with van der Waals surface area (Å²) < 4.78 is 16.5. The minimum Gasteiger partial charge on any atom is -0.507 e. The number of benzene rings is 1. The van der Waals surface area contributed by atoms with E-state index < -0.39 is 17.7 Å². The third kappa shape index (κ3) is 5.34. The van der Waals surface area contributed by atoms with Gasteiger partial charge in [-0.05, 0) is 42.2 Å². The van der Waals surface area contributed by atoms with Gasteiger partial charge in [0, 0.05) is 31.6 Å². The third-order valence-electron chi connectivity index (χ3n) is 5.49. The Morgan fingerprint density at radius 3 is 2.45 bits per heavy atom. The number of methoxy groups -OCH3 is 2. The number of aromatic nitrogens is 1. The van der Waals surface area contributed by atoms with Crippen LogP contribution in [0.3, 0.4) is 0 Å². The first-order valence-electron chi connectivity index (χ1n) is 10.9. The second-order valence-electron chi connectivity index (χ2n) is 8.16. The molecule has 1 saturated heterocycles. The number of amides is 1. The van der Waals surface area contributed by atoms with Crippen molar-refractivity contribution < 1.29 is 28.9 Å². The number of hydrogen-bond acceptors (Lipinski definition) is 7. The molecule has 0 saturated carbocycles. The summed E-state index contributed by atoms with van der Waals surface area (Å²) in [5.74, 6) is -0.131. The first-order valence-corrected chi connectivity index (χ1v) is 10.9. The quantitative estimate of drug-likeness (QED) is 0.333. The number of Topliss-reactive ketones (excluding diaryl/α,β-unsaturated/α-hetero) is 1. The van der Waals surface area contributed by atoms with Gasteiger partial charge in [-0.1, -0.05) is 19.9 Å². The lowest BCUT2D eigenvalue weighted by atomic mass is 9.95. The van der Waals surface area contributed by atoms with Crippen LogP contribution in [0.15, 0.2) is 48.3 Å². The Bertz CT molecular complexity index is 1020. The average molecular weight is 455 g/mol. The summed E-state index contributed by atoms with van der Waals surface area (Å²) in [7, 11) is 3.06. The molecule has 1 aliphatic heterocycles. The molecule has 2 heterocycles. The zero-order chi connectivity index (χ0) is 24.0. The van der Waals surface area contributed by atoms with Gasteiger partial charge in [-0.15, -0.1) is 0 Å².